The third-order valence-electron chi connectivity index (χ3n) is 2.23. The van der Waals surface area contributed by atoms with Gasteiger partial charge in [-0.1, -0.05) is 0 Å². The summed E-state index contributed by atoms with van der Waals surface area (Å²) < 4.78 is 12.9. The molecular formula is C6N8O7. The Hall–Kier alpha value is -3.78. The van der Waals surface area contributed by atoms with E-state index >= 15 is 0 Å². The molecule has 0 saturated carbocycles. The highest BCUT2D eigenvalue weighted by molar-refractivity contribution is 5.79. The molecule has 0 aliphatic rings. The fraction of sp³-hybridized carbons (Fsp3) is 0. The van der Waals surface area contributed by atoms with Crippen LogP contribution in [0.25, 0.3) is 22.8 Å². The molecule has 106 valence electrons. The van der Waals surface area contributed by atoms with Crippen molar-refractivity contribution in [1.82, 2.24) is 30.9 Å². The molecule has 21 heavy (non-hydrogen) atoms. The van der Waals surface area contributed by atoms with Gasteiger partial charge in [0.25, 0.3) is 0 Å². The van der Waals surface area contributed by atoms with E-state index in [1.54, 1.807) is 0 Å². The van der Waals surface area contributed by atoms with Crippen molar-refractivity contribution < 1.29 is 23.7 Å². The molecule has 0 aromatic carbocycles. The minimum atomic E-state index is -0.889. The zero-order valence-electron chi connectivity index (χ0n) is 9.44. The van der Waals surface area contributed by atoms with Gasteiger partial charge in [-0.2, -0.15) is 0 Å². The number of rotatable bonds is 4. The highest BCUT2D eigenvalue weighted by Gasteiger charge is 2.35. The largest absolute Gasteiger partial charge is 0.444 e. The average molecular weight is 296 g/mol. The van der Waals surface area contributed by atoms with Gasteiger partial charge in [-0.25, -0.2) is 4.63 Å². The predicted molar refractivity (Wildman–Crippen MR) is 54.2 cm³/mol. The summed E-state index contributed by atoms with van der Waals surface area (Å²) in [6.45, 7) is 0. The van der Waals surface area contributed by atoms with Crippen molar-refractivity contribution in [2.24, 2.45) is 0 Å². The maximum absolute atomic E-state index is 10.8. The van der Waals surface area contributed by atoms with Gasteiger partial charge < -0.3 is 20.2 Å². The van der Waals surface area contributed by atoms with Crippen molar-refractivity contribution in [3.63, 3.8) is 0 Å². The SMILES string of the molecule is O=[N+]([O-])c1nonc1-c1nonc1-c1nonc1[N+](=O)[O-]. The third kappa shape index (κ3) is 1.84. The molecule has 3 aromatic heterocycles. The van der Waals surface area contributed by atoms with E-state index < -0.39 is 32.9 Å². The van der Waals surface area contributed by atoms with Gasteiger partial charge in [-0.3, -0.25) is 0 Å². The number of aromatic nitrogens is 6. The molecule has 0 aliphatic carbocycles. The molecule has 15 heteroatoms. The lowest BCUT2D eigenvalue weighted by atomic mass is 10.2. The maximum Gasteiger partial charge on any atom is 0.444 e. The van der Waals surface area contributed by atoms with Crippen molar-refractivity contribution in [1.29, 1.82) is 0 Å². The van der Waals surface area contributed by atoms with Crippen molar-refractivity contribution in [3.8, 4) is 22.8 Å². The Kier molecular flexibility index (Phi) is 2.57. The quantitative estimate of drug-likeness (QED) is 0.459. The van der Waals surface area contributed by atoms with Crippen LogP contribution < -0.4 is 0 Å². The van der Waals surface area contributed by atoms with Crippen LogP contribution in [0.5, 0.6) is 0 Å². The summed E-state index contributed by atoms with van der Waals surface area (Å²) in [4.78, 5) is 19.7. The van der Waals surface area contributed by atoms with Crippen LogP contribution in [0.1, 0.15) is 0 Å². The minimum Gasteiger partial charge on any atom is -0.358 e. The molecule has 3 heterocycles. The van der Waals surface area contributed by atoms with E-state index in [4.69, 9.17) is 0 Å². The summed E-state index contributed by atoms with van der Waals surface area (Å²) in [6.07, 6.45) is 0. The van der Waals surface area contributed by atoms with Crippen LogP contribution in [0, 0.1) is 20.2 Å². The highest BCUT2D eigenvalue weighted by atomic mass is 16.6. The second-order valence-electron chi connectivity index (χ2n) is 3.35. The zero-order valence-corrected chi connectivity index (χ0v) is 9.44. The lowest BCUT2D eigenvalue weighted by Crippen LogP contribution is -1.95. The lowest BCUT2D eigenvalue weighted by Gasteiger charge is -1.91. The fourth-order valence-corrected chi connectivity index (χ4v) is 1.41. The van der Waals surface area contributed by atoms with Crippen LogP contribution in [-0.4, -0.2) is 40.8 Å². The number of nitrogens with zero attached hydrogens (tertiary/aromatic N) is 8. The molecule has 3 rings (SSSR count). The second kappa shape index (κ2) is 4.40. The van der Waals surface area contributed by atoms with Gasteiger partial charge in [0.15, 0.2) is 21.7 Å². The summed E-state index contributed by atoms with van der Waals surface area (Å²) in [6, 6.07) is 0. The van der Waals surface area contributed by atoms with Crippen molar-refractivity contribution in [2.45, 2.75) is 0 Å². The van der Waals surface area contributed by atoms with Gasteiger partial charge in [0.1, 0.15) is 0 Å². The van der Waals surface area contributed by atoms with Crippen molar-refractivity contribution >= 4 is 11.6 Å². The molecule has 0 unspecified atom stereocenters. The normalized spacial score (nSPS) is 10.7. The molecule has 15 nitrogen and oxygen atoms in total. The third-order valence-corrected chi connectivity index (χ3v) is 2.23. The van der Waals surface area contributed by atoms with Crippen LogP contribution in [0.3, 0.4) is 0 Å². The first kappa shape index (κ1) is 12.3. The smallest absolute Gasteiger partial charge is 0.358 e. The van der Waals surface area contributed by atoms with E-state index in [9.17, 15) is 20.2 Å². The Morgan fingerprint density at radius 2 is 0.952 bits per heavy atom. The van der Waals surface area contributed by atoms with Gasteiger partial charge in [0.2, 0.25) is 11.4 Å². The summed E-state index contributed by atoms with van der Waals surface area (Å²) in [5.74, 6) is -1.54. The average Bonchev–Trinajstić information content (AvgIpc) is 3.17. The first-order chi connectivity index (χ1) is 10.1. The van der Waals surface area contributed by atoms with Crippen molar-refractivity contribution in [2.75, 3.05) is 0 Å². The molecular weight excluding hydrogens is 296 g/mol. The molecule has 0 aliphatic heterocycles. The van der Waals surface area contributed by atoms with Gasteiger partial charge in [-0.05, 0) is 30.5 Å². The molecule has 3 aromatic rings. The molecule has 0 spiro atoms. The Labute approximate surface area is 110 Å². The molecule has 0 bridgehead atoms. The topological polar surface area (TPSA) is 203 Å². The lowest BCUT2D eigenvalue weighted by molar-refractivity contribution is -0.390. The summed E-state index contributed by atoms with van der Waals surface area (Å²) in [7, 11) is 0. The Morgan fingerprint density at radius 1 is 0.619 bits per heavy atom. The van der Waals surface area contributed by atoms with E-state index in [2.05, 4.69) is 44.8 Å². The second-order valence-corrected chi connectivity index (χ2v) is 3.35. The Balaban J connectivity index is 2.18. The van der Waals surface area contributed by atoms with Crippen LogP contribution >= 0.6 is 0 Å². The van der Waals surface area contributed by atoms with Crippen molar-refractivity contribution in [3.05, 3.63) is 20.2 Å². The van der Waals surface area contributed by atoms with Gasteiger partial charge in [0.05, 0.1) is 0 Å². The van der Waals surface area contributed by atoms with Gasteiger partial charge in [-0.15, -0.1) is 9.26 Å². The number of hydrogen-bond acceptors (Lipinski definition) is 13. The predicted octanol–water partition coefficient (Wildman–Crippen LogP) is -0.0140. The summed E-state index contributed by atoms with van der Waals surface area (Å²) in [5, 5.41) is 41.0. The van der Waals surface area contributed by atoms with Crippen LogP contribution in [0.15, 0.2) is 13.9 Å². The number of nitro groups is 2. The van der Waals surface area contributed by atoms with E-state index in [1.165, 1.54) is 0 Å². The summed E-state index contributed by atoms with van der Waals surface area (Å²) in [5.41, 5.74) is -1.54. The summed E-state index contributed by atoms with van der Waals surface area (Å²) >= 11 is 0. The molecule has 0 fully saturated rings. The molecule has 0 saturated heterocycles. The van der Waals surface area contributed by atoms with Crippen LogP contribution in [0.4, 0.5) is 11.6 Å². The first-order valence-electron chi connectivity index (χ1n) is 4.86. The highest BCUT2D eigenvalue weighted by Crippen LogP contribution is 2.34. The molecule has 0 atom stereocenters. The van der Waals surface area contributed by atoms with Gasteiger partial charge >= 0.3 is 11.6 Å². The Morgan fingerprint density at radius 3 is 1.33 bits per heavy atom. The van der Waals surface area contributed by atoms with E-state index in [0.717, 1.165) is 0 Å². The zero-order chi connectivity index (χ0) is 15.0. The van der Waals surface area contributed by atoms with Gasteiger partial charge in [0, 0.05) is 0 Å². The van der Waals surface area contributed by atoms with E-state index in [-0.39, 0.29) is 11.4 Å². The fourth-order valence-electron chi connectivity index (χ4n) is 1.41. The standard InChI is InChI=1S/C6N8O7/c15-13(16)5-3(9-20-11-5)1-2(8-19-7-1)4-6(14(17)18)12-21-10-4. The van der Waals surface area contributed by atoms with E-state index in [0.29, 0.717) is 0 Å². The number of hydrogen-bond donors (Lipinski definition) is 0. The minimum absolute atomic E-state index is 0.332. The van der Waals surface area contributed by atoms with Crippen LogP contribution in [-0.2, 0) is 0 Å². The monoisotopic (exact) mass is 296 g/mol. The van der Waals surface area contributed by atoms with Crippen LogP contribution in [0.2, 0.25) is 0 Å². The first-order valence-corrected chi connectivity index (χ1v) is 4.86. The van der Waals surface area contributed by atoms with E-state index in [1.807, 2.05) is 0 Å². The Bertz CT molecular complexity index is 765. The molecule has 0 amide bonds. The molecule has 0 radical (unpaired) electrons. The molecule has 0 N–H and O–H groups in total. The maximum atomic E-state index is 10.8.